The minimum atomic E-state index is -4.83. The van der Waals surface area contributed by atoms with Crippen LogP contribution < -0.4 is 5.32 Å². The van der Waals surface area contributed by atoms with Gasteiger partial charge in [-0.25, -0.2) is 9.55 Å². The summed E-state index contributed by atoms with van der Waals surface area (Å²) >= 11 is 0. The first-order chi connectivity index (χ1) is 18.0. The van der Waals surface area contributed by atoms with Crippen molar-refractivity contribution in [3.8, 4) is 11.4 Å². The first kappa shape index (κ1) is 26.3. The minimum absolute atomic E-state index is 0.0540. The fourth-order valence-corrected chi connectivity index (χ4v) is 4.55. The molecule has 1 saturated carbocycles. The number of aromatic nitrogens is 4. The lowest BCUT2D eigenvalue weighted by molar-refractivity contribution is -0.137. The third kappa shape index (κ3) is 5.88. The maximum Gasteiger partial charge on any atom is 0.471 e. The molecule has 38 heavy (non-hydrogen) atoms. The molecule has 202 valence electrons. The zero-order valence-electron chi connectivity index (χ0n) is 19.9. The van der Waals surface area contributed by atoms with Crippen LogP contribution >= 0.6 is 7.82 Å². The summed E-state index contributed by atoms with van der Waals surface area (Å²) in [6.07, 6.45) is 1.90. The standard InChI is InChI=1S/C23H24F3N6O5P/c24-23(25,26)17-4-1-3-14(9-17)11-31-12-16(10-27-31)21-29-19-18(5-2-8-33)28-20(15-6-7-15)30-22(19)32(21)13-37-38(34,35)36/h1,3-4,8-10,12,15,18H,2,5-7,11,13H2,(H,28,30)(H2,34,35,36). The smallest absolute Gasteiger partial charge is 0.328 e. The van der Waals surface area contributed by atoms with Crippen LogP contribution in [-0.2, 0) is 33.3 Å². The number of amidine groups is 1. The molecular formula is C23H24F3N6O5P. The van der Waals surface area contributed by atoms with Crippen LogP contribution in [-0.4, -0.2) is 41.2 Å². The Kier molecular flexibility index (Phi) is 6.99. The molecule has 0 spiro atoms. The third-order valence-corrected chi connectivity index (χ3v) is 6.67. The zero-order chi connectivity index (χ0) is 27.1. The molecule has 11 nitrogen and oxygen atoms in total. The molecule has 0 amide bonds. The van der Waals surface area contributed by atoms with Crippen molar-refractivity contribution >= 4 is 25.8 Å². The van der Waals surface area contributed by atoms with Gasteiger partial charge in [0.05, 0.1) is 29.9 Å². The van der Waals surface area contributed by atoms with E-state index in [9.17, 15) is 32.3 Å². The average Bonchev–Trinajstić information content (AvgIpc) is 3.49. The summed E-state index contributed by atoms with van der Waals surface area (Å²) < 4.78 is 58.5. The molecule has 0 radical (unpaired) electrons. The summed E-state index contributed by atoms with van der Waals surface area (Å²) in [6, 6.07) is 4.48. The van der Waals surface area contributed by atoms with E-state index in [1.165, 1.54) is 21.5 Å². The molecule has 1 aliphatic heterocycles. The molecule has 3 heterocycles. The molecule has 3 aromatic rings. The fraction of sp³-hybridized carbons (Fsp3) is 0.391. The van der Waals surface area contributed by atoms with Gasteiger partial charge in [-0.1, -0.05) is 12.1 Å². The second-order valence-electron chi connectivity index (χ2n) is 9.14. The largest absolute Gasteiger partial charge is 0.471 e. The lowest BCUT2D eigenvalue weighted by atomic mass is 10.1. The molecule has 1 aliphatic carbocycles. The molecule has 1 fully saturated rings. The molecule has 0 bridgehead atoms. The highest BCUT2D eigenvalue weighted by Gasteiger charge is 2.36. The second kappa shape index (κ2) is 10.1. The van der Waals surface area contributed by atoms with Crippen LogP contribution in [0.4, 0.5) is 19.0 Å². The number of alkyl halides is 3. The number of fused-ring (bicyclic) bond motifs is 1. The third-order valence-electron chi connectivity index (χ3n) is 6.22. The Balaban J connectivity index is 1.49. The zero-order valence-corrected chi connectivity index (χ0v) is 20.8. The van der Waals surface area contributed by atoms with Crippen molar-refractivity contribution in [2.75, 3.05) is 5.32 Å². The van der Waals surface area contributed by atoms with E-state index < -0.39 is 32.3 Å². The number of nitrogens with one attached hydrogen (secondary N) is 1. The molecule has 5 rings (SSSR count). The van der Waals surface area contributed by atoms with Crippen LogP contribution in [0.3, 0.4) is 0 Å². The Morgan fingerprint density at radius 3 is 2.74 bits per heavy atom. The number of carbonyl (C=O) groups is 1. The summed E-state index contributed by atoms with van der Waals surface area (Å²) in [5.74, 6) is 1.67. The molecule has 2 aliphatic rings. The van der Waals surface area contributed by atoms with Gasteiger partial charge in [0.15, 0.2) is 0 Å². The van der Waals surface area contributed by atoms with Crippen molar-refractivity contribution < 1.29 is 36.8 Å². The van der Waals surface area contributed by atoms with E-state index in [2.05, 4.69) is 15.4 Å². The summed E-state index contributed by atoms with van der Waals surface area (Å²) in [5, 5.41) is 7.47. The van der Waals surface area contributed by atoms with Crippen LogP contribution in [0.15, 0.2) is 41.7 Å². The second-order valence-corrected chi connectivity index (χ2v) is 10.4. The van der Waals surface area contributed by atoms with E-state index in [1.807, 2.05) is 0 Å². The molecule has 1 aromatic carbocycles. The number of rotatable bonds is 10. The summed E-state index contributed by atoms with van der Waals surface area (Å²) in [6.45, 7) is -0.482. The molecule has 2 aromatic heterocycles. The fourth-order valence-electron chi connectivity index (χ4n) is 4.29. The van der Waals surface area contributed by atoms with E-state index in [-0.39, 0.29) is 24.7 Å². The molecule has 1 atom stereocenters. The number of carbonyl (C=O) groups excluding carboxylic acids is 1. The number of benzene rings is 1. The number of phosphoric ester groups is 1. The number of aldehydes is 1. The topological polar surface area (TPSA) is 144 Å². The quantitative estimate of drug-likeness (QED) is 0.252. The van der Waals surface area contributed by atoms with Gasteiger partial charge < -0.3 is 19.9 Å². The van der Waals surface area contributed by atoms with E-state index in [0.29, 0.717) is 29.1 Å². The molecule has 3 N–H and O–H groups in total. The van der Waals surface area contributed by atoms with Crippen molar-refractivity contribution in [2.45, 2.75) is 51.2 Å². The first-order valence-corrected chi connectivity index (χ1v) is 13.3. The predicted octanol–water partition coefficient (Wildman–Crippen LogP) is 4.13. The van der Waals surface area contributed by atoms with Gasteiger partial charge in [0.1, 0.15) is 36.2 Å². The SMILES string of the molecule is O=CCCC1N=C(C2CC2)Nc2c1nc(-c1cnn(Cc3cccc(C(F)(F)F)c3)c1)n2COP(=O)(O)O. The van der Waals surface area contributed by atoms with Crippen molar-refractivity contribution in [3.63, 3.8) is 0 Å². The number of hydrogen-bond donors (Lipinski definition) is 3. The van der Waals surface area contributed by atoms with E-state index >= 15 is 0 Å². The number of nitrogens with zero attached hydrogens (tertiary/aromatic N) is 5. The highest BCUT2D eigenvalue weighted by molar-refractivity contribution is 7.46. The summed E-state index contributed by atoms with van der Waals surface area (Å²) in [5.41, 5.74) is 0.565. The Bertz CT molecular complexity index is 1430. The number of phosphoric acid groups is 1. The van der Waals surface area contributed by atoms with E-state index in [4.69, 9.17) is 9.52 Å². The molecule has 1 unspecified atom stereocenters. The predicted molar refractivity (Wildman–Crippen MR) is 129 cm³/mol. The molecule has 15 heteroatoms. The maximum absolute atomic E-state index is 13.1. The Morgan fingerprint density at radius 1 is 1.26 bits per heavy atom. The van der Waals surface area contributed by atoms with Gasteiger partial charge in [-0.3, -0.25) is 18.8 Å². The Morgan fingerprint density at radius 2 is 2.05 bits per heavy atom. The van der Waals surface area contributed by atoms with Crippen molar-refractivity contribution in [2.24, 2.45) is 10.9 Å². The van der Waals surface area contributed by atoms with Crippen molar-refractivity contribution in [1.82, 2.24) is 19.3 Å². The average molecular weight is 552 g/mol. The number of halogens is 3. The molecular weight excluding hydrogens is 528 g/mol. The van der Waals surface area contributed by atoms with Gasteiger partial charge in [0.25, 0.3) is 0 Å². The lowest BCUT2D eigenvalue weighted by Gasteiger charge is -2.23. The van der Waals surface area contributed by atoms with Gasteiger partial charge >= 0.3 is 14.0 Å². The van der Waals surface area contributed by atoms with Crippen LogP contribution in [0.5, 0.6) is 0 Å². The van der Waals surface area contributed by atoms with Gasteiger partial charge in [0, 0.05) is 18.5 Å². The summed E-state index contributed by atoms with van der Waals surface area (Å²) in [4.78, 5) is 39.1. The summed E-state index contributed by atoms with van der Waals surface area (Å²) in [7, 11) is -4.83. The Hall–Kier alpha value is -3.32. The highest BCUT2D eigenvalue weighted by Crippen LogP contribution is 2.43. The normalized spacial score (nSPS) is 17.6. The Labute approximate surface area is 214 Å². The maximum atomic E-state index is 13.1. The number of aliphatic imine (C=N–C) groups is 1. The van der Waals surface area contributed by atoms with Gasteiger partial charge in [-0.2, -0.15) is 18.3 Å². The lowest BCUT2D eigenvalue weighted by Crippen LogP contribution is -2.24. The highest BCUT2D eigenvalue weighted by atomic mass is 31.2. The van der Waals surface area contributed by atoms with Crippen molar-refractivity contribution in [3.05, 3.63) is 53.5 Å². The first-order valence-electron chi connectivity index (χ1n) is 11.8. The van der Waals surface area contributed by atoms with Crippen LogP contribution in [0.25, 0.3) is 11.4 Å². The van der Waals surface area contributed by atoms with Gasteiger partial charge in [0.2, 0.25) is 0 Å². The monoisotopic (exact) mass is 552 g/mol. The van der Waals surface area contributed by atoms with Gasteiger partial charge in [-0.15, -0.1) is 0 Å². The number of hydrogen-bond acceptors (Lipinski definition) is 7. The van der Waals surface area contributed by atoms with Crippen LogP contribution in [0, 0.1) is 5.92 Å². The van der Waals surface area contributed by atoms with E-state index in [1.54, 1.807) is 12.3 Å². The number of imidazole rings is 1. The molecule has 0 saturated heterocycles. The number of anilines is 1. The van der Waals surface area contributed by atoms with Crippen molar-refractivity contribution in [1.29, 1.82) is 0 Å². The minimum Gasteiger partial charge on any atom is -0.328 e. The van der Waals surface area contributed by atoms with Crippen LogP contribution in [0.2, 0.25) is 0 Å². The van der Waals surface area contributed by atoms with E-state index in [0.717, 1.165) is 37.1 Å². The van der Waals surface area contributed by atoms with Gasteiger partial charge in [-0.05, 0) is 37.0 Å². The van der Waals surface area contributed by atoms with Crippen LogP contribution in [0.1, 0.15) is 48.5 Å².